The van der Waals surface area contributed by atoms with Crippen LogP contribution in [-0.4, -0.2) is 36.4 Å². The molecule has 0 radical (unpaired) electrons. The first-order chi connectivity index (χ1) is 13.7. The van der Waals surface area contributed by atoms with Crippen LogP contribution in [0.2, 0.25) is 0 Å². The molecule has 2 aliphatic heterocycles. The molecule has 0 N–H and O–H groups in total. The van der Waals surface area contributed by atoms with Crippen molar-refractivity contribution in [2.24, 2.45) is 0 Å². The first-order valence-electron chi connectivity index (χ1n) is 9.87. The zero-order valence-corrected chi connectivity index (χ0v) is 16.1. The topological polar surface area (TPSA) is 49.9 Å². The summed E-state index contributed by atoms with van der Waals surface area (Å²) in [6.07, 6.45) is 3.01. The van der Waals surface area contributed by atoms with Gasteiger partial charge in [0.1, 0.15) is 11.4 Å². The Morgan fingerprint density at radius 1 is 0.893 bits per heavy atom. The number of anilines is 1. The van der Waals surface area contributed by atoms with E-state index in [0.717, 1.165) is 43.7 Å². The first kappa shape index (κ1) is 18.3. The van der Waals surface area contributed by atoms with E-state index in [1.807, 2.05) is 42.5 Å². The summed E-state index contributed by atoms with van der Waals surface area (Å²) >= 11 is 0. The lowest BCUT2D eigenvalue weighted by atomic mass is 10.0. The number of hydrogen-bond acceptors (Lipinski definition) is 4. The van der Waals surface area contributed by atoms with E-state index in [4.69, 9.17) is 4.74 Å². The van der Waals surface area contributed by atoms with Crippen LogP contribution >= 0.6 is 0 Å². The van der Waals surface area contributed by atoms with E-state index < -0.39 is 0 Å². The van der Waals surface area contributed by atoms with Gasteiger partial charge in [-0.05, 0) is 49.1 Å². The molecular formula is C23H24N2O3. The van der Waals surface area contributed by atoms with E-state index in [1.165, 1.54) is 4.90 Å². The standard InChI is InChI=1S/C23H24N2O3/c1-2-16-28-19-12-10-17(11-13-19)20-21(24-14-6-7-15-24)23(27)25(22(20)26)18-8-4-3-5-9-18/h3-5,8-13H,2,6-7,14-16H2,1H3. The number of rotatable bonds is 6. The van der Waals surface area contributed by atoms with Gasteiger partial charge in [-0.25, -0.2) is 4.90 Å². The van der Waals surface area contributed by atoms with Crippen molar-refractivity contribution >= 4 is 23.1 Å². The minimum atomic E-state index is -0.264. The quantitative estimate of drug-likeness (QED) is 0.719. The highest BCUT2D eigenvalue weighted by atomic mass is 16.5. The van der Waals surface area contributed by atoms with Gasteiger partial charge in [-0.1, -0.05) is 37.3 Å². The molecule has 1 fully saturated rings. The number of hydrogen-bond donors (Lipinski definition) is 0. The van der Waals surface area contributed by atoms with E-state index in [0.29, 0.717) is 23.6 Å². The smallest absolute Gasteiger partial charge is 0.282 e. The van der Waals surface area contributed by atoms with Crippen LogP contribution in [-0.2, 0) is 9.59 Å². The number of carbonyl (C=O) groups is 2. The van der Waals surface area contributed by atoms with Crippen molar-refractivity contribution in [2.75, 3.05) is 24.6 Å². The van der Waals surface area contributed by atoms with Crippen LogP contribution < -0.4 is 9.64 Å². The SMILES string of the molecule is CCCOc1ccc(C2=C(N3CCCC3)C(=O)N(c3ccccc3)C2=O)cc1. The molecule has 4 rings (SSSR count). The van der Waals surface area contributed by atoms with Crippen molar-refractivity contribution in [3.8, 4) is 5.75 Å². The van der Waals surface area contributed by atoms with Gasteiger partial charge in [0, 0.05) is 13.1 Å². The fraction of sp³-hybridized carbons (Fsp3) is 0.304. The number of para-hydroxylation sites is 1. The highest BCUT2D eigenvalue weighted by Gasteiger charge is 2.42. The molecule has 2 aromatic rings. The molecule has 0 unspecified atom stereocenters. The Kier molecular flexibility index (Phi) is 5.15. The van der Waals surface area contributed by atoms with Crippen LogP contribution in [0, 0.1) is 0 Å². The minimum absolute atomic E-state index is 0.237. The van der Waals surface area contributed by atoms with Crippen molar-refractivity contribution in [3.05, 3.63) is 65.9 Å². The van der Waals surface area contributed by atoms with Gasteiger partial charge in [-0.15, -0.1) is 0 Å². The molecule has 5 heteroatoms. The Bertz CT molecular complexity index is 897. The van der Waals surface area contributed by atoms with Crippen LogP contribution in [0.3, 0.4) is 0 Å². The Morgan fingerprint density at radius 2 is 1.57 bits per heavy atom. The third kappa shape index (κ3) is 3.28. The summed E-state index contributed by atoms with van der Waals surface area (Å²) in [7, 11) is 0. The lowest BCUT2D eigenvalue weighted by Crippen LogP contribution is -2.34. The predicted octanol–water partition coefficient (Wildman–Crippen LogP) is 3.86. The molecule has 2 aromatic carbocycles. The molecule has 5 nitrogen and oxygen atoms in total. The van der Waals surface area contributed by atoms with E-state index in [2.05, 4.69) is 11.8 Å². The van der Waals surface area contributed by atoms with E-state index in [9.17, 15) is 9.59 Å². The average molecular weight is 376 g/mol. The molecule has 2 amide bonds. The summed E-state index contributed by atoms with van der Waals surface area (Å²) < 4.78 is 5.65. The highest BCUT2D eigenvalue weighted by molar-refractivity contribution is 6.45. The third-order valence-electron chi connectivity index (χ3n) is 5.11. The van der Waals surface area contributed by atoms with Crippen LogP contribution in [0.15, 0.2) is 60.3 Å². The summed E-state index contributed by atoms with van der Waals surface area (Å²) in [6, 6.07) is 16.6. The molecule has 2 heterocycles. The maximum absolute atomic E-state index is 13.3. The van der Waals surface area contributed by atoms with Gasteiger partial charge in [0.25, 0.3) is 11.8 Å². The average Bonchev–Trinajstić information content (AvgIpc) is 3.33. The molecular weight excluding hydrogens is 352 g/mol. The number of imide groups is 1. The highest BCUT2D eigenvalue weighted by Crippen LogP contribution is 2.36. The minimum Gasteiger partial charge on any atom is -0.494 e. The molecule has 0 saturated carbocycles. The predicted molar refractivity (Wildman–Crippen MR) is 109 cm³/mol. The Morgan fingerprint density at radius 3 is 2.21 bits per heavy atom. The van der Waals surface area contributed by atoms with Gasteiger partial charge < -0.3 is 9.64 Å². The number of ether oxygens (including phenoxy) is 1. The Labute approximate surface area is 165 Å². The van der Waals surface area contributed by atoms with Gasteiger partial charge in [-0.2, -0.15) is 0 Å². The molecule has 0 aliphatic carbocycles. The summed E-state index contributed by atoms with van der Waals surface area (Å²) in [4.78, 5) is 30.0. The zero-order chi connectivity index (χ0) is 19.5. The van der Waals surface area contributed by atoms with Crippen molar-refractivity contribution in [1.82, 2.24) is 4.90 Å². The van der Waals surface area contributed by atoms with Crippen LogP contribution in [0.5, 0.6) is 5.75 Å². The zero-order valence-electron chi connectivity index (χ0n) is 16.1. The maximum atomic E-state index is 13.3. The fourth-order valence-electron chi connectivity index (χ4n) is 3.76. The normalized spacial score (nSPS) is 17.0. The molecule has 28 heavy (non-hydrogen) atoms. The summed E-state index contributed by atoms with van der Waals surface area (Å²) in [5, 5.41) is 0. The van der Waals surface area contributed by atoms with Crippen molar-refractivity contribution in [1.29, 1.82) is 0 Å². The van der Waals surface area contributed by atoms with Crippen molar-refractivity contribution < 1.29 is 14.3 Å². The lowest BCUT2D eigenvalue weighted by Gasteiger charge is -2.20. The van der Waals surface area contributed by atoms with E-state index >= 15 is 0 Å². The molecule has 144 valence electrons. The number of carbonyl (C=O) groups excluding carboxylic acids is 2. The first-order valence-corrected chi connectivity index (χ1v) is 9.87. The lowest BCUT2D eigenvalue weighted by molar-refractivity contribution is -0.120. The van der Waals surface area contributed by atoms with Gasteiger partial charge in [-0.3, -0.25) is 9.59 Å². The Hall–Kier alpha value is -3.08. The second-order valence-corrected chi connectivity index (χ2v) is 7.07. The number of benzene rings is 2. The van der Waals surface area contributed by atoms with Crippen molar-refractivity contribution in [2.45, 2.75) is 26.2 Å². The molecule has 0 bridgehead atoms. The van der Waals surface area contributed by atoms with Crippen molar-refractivity contribution in [3.63, 3.8) is 0 Å². The molecule has 0 aromatic heterocycles. The van der Waals surface area contributed by atoms with E-state index in [1.54, 1.807) is 12.1 Å². The van der Waals surface area contributed by atoms with E-state index in [-0.39, 0.29) is 11.8 Å². The summed E-state index contributed by atoms with van der Waals surface area (Å²) in [6.45, 7) is 4.32. The summed E-state index contributed by atoms with van der Waals surface area (Å²) in [5.41, 5.74) is 2.36. The second-order valence-electron chi connectivity index (χ2n) is 7.07. The number of nitrogens with zero attached hydrogens (tertiary/aromatic N) is 2. The molecule has 0 spiro atoms. The van der Waals surface area contributed by atoms with Gasteiger partial charge in [0.15, 0.2) is 0 Å². The van der Waals surface area contributed by atoms with Gasteiger partial charge >= 0.3 is 0 Å². The molecule has 2 aliphatic rings. The largest absolute Gasteiger partial charge is 0.494 e. The summed E-state index contributed by atoms with van der Waals surface area (Å²) in [5.74, 6) is 0.269. The van der Waals surface area contributed by atoms with Crippen LogP contribution in [0.4, 0.5) is 5.69 Å². The van der Waals surface area contributed by atoms with Gasteiger partial charge in [0.05, 0.1) is 17.9 Å². The molecule has 1 saturated heterocycles. The Balaban J connectivity index is 1.74. The van der Waals surface area contributed by atoms with Gasteiger partial charge in [0.2, 0.25) is 0 Å². The monoisotopic (exact) mass is 376 g/mol. The number of amides is 2. The second kappa shape index (κ2) is 7.89. The molecule has 0 atom stereocenters. The van der Waals surface area contributed by atoms with Crippen LogP contribution in [0.1, 0.15) is 31.7 Å². The fourth-order valence-corrected chi connectivity index (χ4v) is 3.76. The van der Waals surface area contributed by atoms with Crippen LogP contribution in [0.25, 0.3) is 5.57 Å². The maximum Gasteiger partial charge on any atom is 0.282 e. The number of likely N-dealkylation sites (tertiary alicyclic amines) is 1. The third-order valence-corrected chi connectivity index (χ3v) is 5.11.